The summed E-state index contributed by atoms with van der Waals surface area (Å²) < 4.78 is 0. The van der Waals surface area contributed by atoms with Gasteiger partial charge < -0.3 is 10.3 Å². The molecule has 1 amide bonds. The molecule has 1 aromatic rings. The van der Waals surface area contributed by atoms with E-state index in [4.69, 9.17) is 5.73 Å². The van der Waals surface area contributed by atoms with Crippen molar-refractivity contribution in [1.82, 2.24) is 15.3 Å². The Morgan fingerprint density at radius 3 is 3.25 bits per heavy atom. The van der Waals surface area contributed by atoms with Crippen LogP contribution in [0.25, 0.3) is 0 Å². The van der Waals surface area contributed by atoms with Gasteiger partial charge in [-0.05, 0) is 0 Å². The molecule has 5 N–H and O–H groups in total. The molecule has 1 aromatic heterocycles. The van der Waals surface area contributed by atoms with E-state index in [0.717, 1.165) is 0 Å². The van der Waals surface area contributed by atoms with Gasteiger partial charge in [0, 0.05) is 0 Å². The summed E-state index contributed by atoms with van der Waals surface area (Å²) in [5, 5.41) is 12.3. The number of carbonyl (C=O) groups is 1. The van der Waals surface area contributed by atoms with Gasteiger partial charge in [0.05, 0.1) is 6.33 Å². The van der Waals surface area contributed by atoms with E-state index in [9.17, 15) is 10.0 Å². The first-order valence-corrected chi connectivity index (χ1v) is 3.28. The number of H-pyrrole nitrogens is 1. The molecule has 1 atom stereocenters. The number of fused-ring (bicyclic) bond motifs is 1. The summed E-state index contributed by atoms with van der Waals surface area (Å²) in [7, 11) is 0. The Morgan fingerprint density at radius 2 is 2.50 bits per heavy atom. The number of hydrogen-bond acceptors (Lipinski definition) is 5. The lowest BCUT2D eigenvalue weighted by atomic mass is 10.3. The molecule has 0 saturated heterocycles. The van der Waals surface area contributed by atoms with Crippen LogP contribution in [0.5, 0.6) is 0 Å². The summed E-state index contributed by atoms with van der Waals surface area (Å²) in [6.07, 6.45) is 0.386. The molecule has 2 heterocycles. The predicted molar refractivity (Wildman–Crippen MR) is 38.3 cm³/mol. The van der Waals surface area contributed by atoms with Gasteiger partial charge in [-0.25, -0.2) is 10.0 Å². The fourth-order valence-corrected chi connectivity index (χ4v) is 1.03. The van der Waals surface area contributed by atoms with Gasteiger partial charge in [0.2, 0.25) is 0 Å². The van der Waals surface area contributed by atoms with Crippen molar-refractivity contribution in [2.75, 3.05) is 5.06 Å². The highest BCUT2D eigenvalue weighted by atomic mass is 16.5. The highest BCUT2D eigenvalue weighted by Crippen LogP contribution is 2.17. The molecule has 0 saturated carbocycles. The van der Waals surface area contributed by atoms with Crippen molar-refractivity contribution in [3.8, 4) is 0 Å². The summed E-state index contributed by atoms with van der Waals surface area (Å²) in [6, 6.07) is 0. The Bertz CT molecular complexity index is 321. The van der Waals surface area contributed by atoms with Gasteiger partial charge in [0.15, 0.2) is 17.8 Å². The van der Waals surface area contributed by atoms with Gasteiger partial charge >= 0.3 is 0 Å². The van der Waals surface area contributed by atoms with Gasteiger partial charge in [-0.1, -0.05) is 0 Å². The van der Waals surface area contributed by atoms with Crippen LogP contribution in [-0.4, -0.2) is 27.4 Å². The number of nitrogens with two attached hydrogens (primary N) is 1. The van der Waals surface area contributed by atoms with E-state index in [1.807, 2.05) is 0 Å². The average Bonchev–Trinajstić information content (AvgIpc) is 2.48. The molecule has 0 aliphatic carbocycles. The number of hydroxylamine groups is 1. The molecule has 1 aliphatic heterocycles. The number of aromatic nitrogens is 2. The Kier molecular flexibility index (Phi) is 1.29. The van der Waals surface area contributed by atoms with Gasteiger partial charge in [0.1, 0.15) is 0 Å². The lowest BCUT2D eigenvalue weighted by Crippen LogP contribution is -2.56. The van der Waals surface area contributed by atoms with Crippen LogP contribution in [0.1, 0.15) is 10.5 Å². The number of aromatic amines is 1. The van der Waals surface area contributed by atoms with Crippen molar-refractivity contribution in [3.63, 3.8) is 0 Å². The first-order valence-electron chi connectivity index (χ1n) is 3.28. The lowest BCUT2D eigenvalue weighted by Gasteiger charge is -2.27. The topological polar surface area (TPSA) is 107 Å². The summed E-state index contributed by atoms with van der Waals surface area (Å²) >= 11 is 0. The van der Waals surface area contributed by atoms with Crippen LogP contribution in [-0.2, 0) is 0 Å². The number of rotatable bonds is 0. The molecule has 0 bridgehead atoms. The fourth-order valence-electron chi connectivity index (χ4n) is 1.03. The minimum Gasteiger partial charge on any atom is -0.329 e. The largest absolute Gasteiger partial charge is 0.329 e. The van der Waals surface area contributed by atoms with Crippen LogP contribution in [0.2, 0.25) is 0 Å². The van der Waals surface area contributed by atoms with Crippen molar-refractivity contribution in [3.05, 3.63) is 12.0 Å². The van der Waals surface area contributed by atoms with E-state index in [1.54, 1.807) is 0 Å². The molecule has 1 unspecified atom stereocenters. The molecule has 0 radical (unpaired) electrons. The normalized spacial score (nSPS) is 22.0. The number of anilines is 1. The molecular formula is C5H7N5O2. The third-order valence-corrected chi connectivity index (χ3v) is 1.61. The van der Waals surface area contributed by atoms with Crippen molar-refractivity contribution in [2.45, 2.75) is 6.29 Å². The van der Waals surface area contributed by atoms with Crippen molar-refractivity contribution >= 4 is 11.7 Å². The minimum absolute atomic E-state index is 0.138. The van der Waals surface area contributed by atoms with Crippen LogP contribution in [0.4, 0.5) is 5.82 Å². The molecular weight excluding hydrogens is 162 g/mol. The highest BCUT2D eigenvalue weighted by molar-refractivity contribution is 5.98. The van der Waals surface area contributed by atoms with Crippen LogP contribution in [0.3, 0.4) is 0 Å². The number of nitrogens with zero attached hydrogens (tertiary/aromatic N) is 2. The molecule has 7 heteroatoms. The van der Waals surface area contributed by atoms with Gasteiger partial charge in [0.25, 0.3) is 5.91 Å². The smallest absolute Gasteiger partial charge is 0.276 e. The molecule has 12 heavy (non-hydrogen) atoms. The Morgan fingerprint density at radius 1 is 1.75 bits per heavy atom. The Hall–Kier alpha value is -1.60. The second-order valence-electron chi connectivity index (χ2n) is 2.36. The van der Waals surface area contributed by atoms with E-state index in [0.29, 0.717) is 5.06 Å². The maximum atomic E-state index is 11.1. The average molecular weight is 169 g/mol. The quantitative estimate of drug-likeness (QED) is 0.381. The first kappa shape index (κ1) is 7.07. The first-order chi connectivity index (χ1) is 5.70. The summed E-state index contributed by atoms with van der Waals surface area (Å²) in [5.74, 6) is -0.185. The van der Waals surface area contributed by atoms with E-state index in [-0.39, 0.29) is 11.5 Å². The number of imidazole rings is 1. The molecule has 0 spiro atoms. The predicted octanol–water partition coefficient (Wildman–Crippen LogP) is -1.41. The minimum atomic E-state index is -0.926. The van der Waals surface area contributed by atoms with E-state index < -0.39 is 12.2 Å². The van der Waals surface area contributed by atoms with E-state index in [2.05, 4.69) is 15.3 Å². The fraction of sp³-hybridized carbons (Fsp3) is 0.200. The zero-order valence-electron chi connectivity index (χ0n) is 5.98. The van der Waals surface area contributed by atoms with Crippen LogP contribution < -0.4 is 16.1 Å². The van der Waals surface area contributed by atoms with Crippen molar-refractivity contribution < 1.29 is 10.0 Å². The zero-order chi connectivity index (χ0) is 8.72. The molecule has 7 nitrogen and oxygen atoms in total. The summed E-state index contributed by atoms with van der Waals surface area (Å²) in [6.45, 7) is 0. The maximum absolute atomic E-state index is 11.1. The number of nitrogens with one attached hydrogen (secondary N) is 2. The van der Waals surface area contributed by atoms with Gasteiger partial charge in [-0.2, -0.15) is 0 Å². The third kappa shape index (κ3) is 0.773. The summed E-state index contributed by atoms with van der Waals surface area (Å²) in [4.78, 5) is 17.4. The molecule has 0 aromatic carbocycles. The maximum Gasteiger partial charge on any atom is 0.276 e. The van der Waals surface area contributed by atoms with E-state index in [1.165, 1.54) is 6.33 Å². The number of hydrogen-bond donors (Lipinski definition) is 4. The monoisotopic (exact) mass is 169 g/mol. The molecule has 1 aliphatic rings. The number of amides is 1. The van der Waals surface area contributed by atoms with Crippen molar-refractivity contribution in [2.24, 2.45) is 5.73 Å². The molecule has 0 fully saturated rings. The van der Waals surface area contributed by atoms with Crippen LogP contribution in [0, 0.1) is 0 Å². The Balaban J connectivity index is 2.49. The van der Waals surface area contributed by atoms with Gasteiger partial charge in [-0.15, -0.1) is 0 Å². The number of carbonyl (C=O) groups excluding carboxylic acids is 1. The summed E-state index contributed by atoms with van der Waals surface area (Å²) in [5.41, 5.74) is 5.48. The van der Waals surface area contributed by atoms with Crippen molar-refractivity contribution in [1.29, 1.82) is 0 Å². The molecule has 2 rings (SSSR count). The Labute approximate surface area is 67.1 Å². The zero-order valence-corrected chi connectivity index (χ0v) is 5.98. The molecule has 64 valence electrons. The lowest BCUT2D eigenvalue weighted by molar-refractivity contribution is 0.0869. The third-order valence-electron chi connectivity index (χ3n) is 1.61. The second-order valence-corrected chi connectivity index (χ2v) is 2.36. The highest BCUT2D eigenvalue weighted by Gasteiger charge is 2.29. The standard InChI is InChI=1S/C5H7N5O2/c6-5-9-4(11)2-3(10(5)12)8-1-7-2/h1,5,12H,6H2,(H,7,8)(H,9,11). The second kappa shape index (κ2) is 2.19. The van der Waals surface area contributed by atoms with Crippen LogP contribution >= 0.6 is 0 Å². The van der Waals surface area contributed by atoms with E-state index >= 15 is 0 Å². The SMILES string of the molecule is NC1NC(=O)c2nc[nH]c2N1O. The van der Waals surface area contributed by atoms with Crippen LogP contribution in [0.15, 0.2) is 6.33 Å². The van der Waals surface area contributed by atoms with Gasteiger partial charge in [-0.3, -0.25) is 15.7 Å².